The Balaban J connectivity index is 0.00000324. The molecule has 1 aromatic carbocycles. The van der Waals surface area contributed by atoms with Gasteiger partial charge in [-0.15, -0.1) is 24.2 Å². The van der Waals surface area contributed by atoms with E-state index < -0.39 is 0 Å². The molecule has 3 N–H and O–H groups in total. The Morgan fingerprint density at radius 1 is 1.53 bits per heavy atom. The average Bonchev–Trinajstić information content (AvgIpc) is 2.30. The molecule has 0 heterocycles. The minimum absolute atomic E-state index is 0. The maximum Gasteiger partial charge on any atom is 0.224 e. The first-order chi connectivity index (χ1) is 8.52. The third-order valence-corrected chi connectivity index (χ3v) is 3.53. The molecule has 0 aliphatic heterocycles. The van der Waals surface area contributed by atoms with Crippen LogP contribution in [0, 0.1) is 0 Å². The van der Waals surface area contributed by atoms with E-state index in [4.69, 9.17) is 17.3 Å². The number of nitrogens with two attached hydrogens (primary N) is 1. The fourth-order valence-corrected chi connectivity index (χ4v) is 2.37. The van der Waals surface area contributed by atoms with Crippen LogP contribution in [0.25, 0.3) is 0 Å². The van der Waals surface area contributed by atoms with E-state index in [1.165, 1.54) is 0 Å². The number of hydrogen-bond donors (Lipinski definition) is 2. The fraction of sp³-hybridized carbons (Fsp3) is 0.462. The highest BCUT2D eigenvalue weighted by atomic mass is 35.5. The second kappa shape index (κ2) is 9.48. The third kappa shape index (κ3) is 7.06. The summed E-state index contributed by atoms with van der Waals surface area (Å²) in [5.74, 6) is 0.928. The molecule has 0 aliphatic rings. The van der Waals surface area contributed by atoms with Gasteiger partial charge in [0.15, 0.2) is 0 Å². The van der Waals surface area contributed by atoms with E-state index in [-0.39, 0.29) is 24.4 Å². The van der Waals surface area contributed by atoms with Gasteiger partial charge in [0.1, 0.15) is 0 Å². The normalized spacial score (nSPS) is 11.6. The van der Waals surface area contributed by atoms with Gasteiger partial charge in [-0.05, 0) is 37.3 Å². The average molecular weight is 323 g/mol. The number of hydrogen-bond acceptors (Lipinski definition) is 3. The first-order valence-electron chi connectivity index (χ1n) is 6.00. The summed E-state index contributed by atoms with van der Waals surface area (Å²) in [5, 5.41) is 3.51. The third-order valence-electron chi connectivity index (χ3n) is 2.34. The first-order valence-corrected chi connectivity index (χ1v) is 7.37. The molecule has 1 unspecified atom stereocenters. The molecule has 0 fully saturated rings. The molecule has 1 aromatic rings. The second-order valence-corrected chi connectivity index (χ2v) is 5.88. The lowest BCUT2D eigenvalue weighted by molar-refractivity contribution is -0.116. The van der Waals surface area contributed by atoms with Crippen LogP contribution in [0.3, 0.4) is 0 Å². The molecule has 108 valence electrons. The van der Waals surface area contributed by atoms with Crippen LogP contribution in [0.5, 0.6) is 0 Å². The Kier molecular flexibility index (Phi) is 9.27. The summed E-state index contributed by atoms with van der Waals surface area (Å²) in [7, 11) is 0. The highest BCUT2D eigenvalue weighted by Gasteiger charge is 2.08. The van der Waals surface area contributed by atoms with Crippen LogP contribution in [0.1, 0.15) is 26.7 Å². The largest absolute Gasteiger partial charge is 0.328 e. The molecule has 6 heteroatoms. The number of carbonyl (C=O) groups is 1. The molecule has 1 rings (SSSR count). The molecule has 0 saturated carbocycles. The lowest BCUT2D eigenvalue weighted by atomic mass is 10.2. The summed E-state index contributed by atoms with van der Waals surface area (Å²) in [6, 6.07) is 5.58. The van der Waals surface area contributed by atoms with E-state index in [2.05, 4.69) is 12.2 Å². The molecule has 19 heavy (non-hydrogen) atoms. The summed E-state index contributed by atoms with van der Waals surface area (Å²) in [5.41, 5.74) is 6.41. The summed E-state index contributed by atoms with van der Waals surface area (Å²) in [6.07, 6.45) is 1.11. The van der Waals surface area contributed by atoms with E-state index in [1.54, 1.807) is 17.8 Å². The van der Waals surface area contributed by atoms with Gasteiger partial charge < -0.3 is 11.1 Å². The minimum atomic E-state index is -0.0208. The van der Waals surface area contributed by atoms with Crippen LogP contribution in [0.15, 0.2) is 23.1 Å². The van der Waals surface area contributed by atoms with E-state index in [0.717, 1.165) is 16.3 Å². The van der Waals surface area contributed by atoms with Gasteiger partial charge in [-0.2, -0.15) is 0 Å². The number of anilines is 1. The van der Waals surface area contributed by atoms with Crippen LogP contribution in [-0.4, -0.2) is 17.7 Å². The van der Waals surface area contributed by atoms with Crippen molar-refractivity contribution in [1.82, 2.24) is 0 Å². The van der Waals surface area contributed by atoms with Crippen LogP contribution in [0.4, 0.5) is 5.69 Å². The minimum Gasteiger partial charge on any atom is -0.328 e. The van der Waals surface area contributed by atoms with Crippen LogP contribution in [0.2, 0.25) is 5.02 Å². The lowest BCUT2D eigenvalue weighted by Gasteiger charge is -2.11. The van der Waals surface area contributed by atoms with Gasteiger partial charge in [-0.1, -0.05) is 18.5 Å². The topological polar surface area (TPSA) is 55.1 Å². The molecule has 0 aromatic heterocycles. The second-order valence-electron chi connectivity index (χ2n) is 4.14. The molecular weight excluding hydrogens is 303 g/mol. The molecule has 0 aliphatic carbocycles. The molecule has 0 bridgehead atoms. The summed E-state index contributed by atoms with van der Waals surface area (Å²) < 4.78 is 0. The maximum absolute atomic E-state index is 11.8. The predicted molar refractivity (Wildman–Crippen MR) is 86.6 cm³/mol. The maximum atomic E-state index is 11.8. The molecular formula is C13H20Cl2N2OS. The van der Waals surface area contributed by atoms with Gasteiger partial charge in [0.25, 0.3) is 0 Å². The zero-order chi connectivity index (χ0) is 13.5. The van der Waals surface area contributed by atoms with Crippen molar-refractivity contribution in [2.75, 3.05) is 11.1 Å². The highest BCUT2D eigenvalue weighted by molar-refractivity contribution is 7.99. The van der Waals surface area contributed by atoms with Gasteiger partial charge in [0.05, 0.1) is 5.69 Å². The van der Waals surface area contributed by atoms with E-state index >= 15 is 0 Å². The fourth-order valence-electron chi connectivity index (χ4n) is 1.45. The van der Waals surface area contributed by atoms with Crippen molar-refractivity contribution in [3.8, 4) is 0 Å². The number of rotatable bonds is 6. The van der Waals surface area contributed by atoms with Gasteiger partial charge in [-0.25, -0.2) is 0 Å². The first kappa shape index (κ1) is 18.6. The molecule has 0 spiro atoms. The van der Waals surface area contributed by atoms with Gasteiger partial charge >= 0.3 is 0 Å². The summed E-state index contributed by atoms with van der Waals surface area (Å²) in [6.45, 7) is 3.96. The Bertz CT molecular complexity index is 414. The Hall–Kier alpha value is -0.420. The van der Waals surface area contributed by atoms with Gasteiger partial charge in [0.2, 0.25) is 5.91 Å². The smallest absolute Gasteiger partial charge is 0.224 e. The van der Waals surface area contributed by atoms with Crippen LogP contribution < -0.4 is 11.1 Å². The summed E-state index contributed by atoms with van der Waals surface area (Å²) in [4.78, 5) is 12.8. The van der Waals surface area contributed by atoms with E-state index in [0.29, 0.717) is 17.9 Å². The SMILES string of the molecule is CCSc1ccc(Cl)cc1NC(=O)CCC(C)N.Cl. The van der Waals surface area contributed by atoms with Gasteiger partial charge in [0, 0.05) is 22.4 Å². The van der Waals surface area contributed by atoms with Crippen molar-refractivity contribution in [2.45, 2.75) is 37.6 Å². The number of carbonyl (C=O) groups excluding carboxylic acids is 1. The number of halogens is 2. The monoisotopic (exact) mass is 322 g/mol. The Labute approximate surface area is 130 Å². The van der Waals surface area contributed by atoms with Crippen LogP contribution in [-0.2, 0) is 4.79 Å². The van der Waals surface area contributed by atoms with Crippen molar-refractivity contribution < 1.29 is 4.79 Å². The standard InChI is InChI=1S/C13H19ClN2OS.ClH/c1-3-18-12-6-5-10(14)8-11(12)16-13(17)7-4-9(2)15;/h5-6,8-9H,3-4,7,15H2,1-2H3,(H,16,17);1H. The zero-order valence-electron chi connectivity index (χ0n) is 11.1. The van der Waals surface area contributed by atoms with E-state index in [9.17, 15) is 4.79 Å². The van der Waals surface area contributed by atoms with Crippen molar-refractivity contribution in [3.05, 3.63) is 23.2 Å². The van der Waals surface area contributed by atoms with Crippen molar-refractivity contribution >= 4 is 47.4 Å². The molecule has 0 radical (unpaired) electrons. The predicted octanol–water partition coefficient (Wildman–Crippen LogP) is 3.94. The highest BCUT2D eigenvalue weighted by Crippen LogP contribution is 2.29. The lowest BCUT2D eigenvalue weighted by Crippen LogP contribution is -2.19. The van der Waals surface area contributed by atoms with Crippen molar-refractivity contribution in [3.63, 3.8) is 0 Å². The molecule has 3 nitrogen and oxygen atoms in total. The van der Waals surface area contributed by atoms with Crippen molar-refractivity contribution in [2.24, 2.45) is 5.73 Å². The zero-order valence-corrected chi connectivity index (χ0v) is 13.5. The van der Waals surface area contributed by atoms with E-state index in [1.807, 2.05) is 19.1 Å². The number of amides is 1. The number of benzene rings is 1. The van der Waals surface area contributed by atoms with Gasteiger partial charge in [-0.3, -0.25) is 4.79 Å². The quantitative estimate of drug-likeness (QED) is 0.780. The molecule has 1 amide bonds. The Morgan fingerprint density at radius 3 is 2.79 bits per heavy atom. The number of nitrogens with one attached hydrogen (secondary N) is 1. The summed E-state index contributed by atoms with van der Waals surface area (Å²) >= 11 is 7.63. The molecule has 0 saturated heterocycles. The Morgan fingerprint density at radius 2 is 2.21 bits per heavy atom. The van der Waals surface area contributed by atoms with Crippen molar-refractivity contribution in [1.29, 1.82) is 0 Å². The molecule has 1 atom stereocenters. The number of thioether (sulfide) groups is 1. The van der Waals surface area contributed by atoms with Crippen LogP contribution >= 0.6 is 35.8 Å².